The Labute approximate surface area is 122 Å². The second kappa shape index (κ2) is 5.95. The highest BCUT2D eigenvalue weighted by molar-refractivity contribution is 6.42. The number of aliphatic carboxylic acids is 1. The Morgan fingerprint density at radius 3 is 2.68 bits per heavy atom. The second-order valence-corrected chi connectivity index (χ2v) is 5.32. The van der Waals surface area contributed by atoms with Gasteiger partial charge in [0.1, 0.15) is 0 Å². The van der Waals surface area contributed by atoms with Gasteiger partial charge < -0.3 is 5.11 Å². The SMILES string of the molecule is CCN1CCC(c2ccc(Cl)c(Cl)c2)=C(C(=O)O)C1. The van der Waals surface area contributed by atoms with E-state index in [1.807, 2.05) is 13.0 Å². The van der Waals surface area contributed by atoms with Gasteiger partial charge in [-0.1, -0.05) is 36.2 Å². The van der Waals surface area contributed by atoms with Crippen molar-refractivity contribution in [1.82, 2.24) is 4.90 Å². The average Bonchev–Trinajstić information content (AvgIpc) is 2.41. The van der Waals surface area contributed by atoms with Crippen LogP contribution in [0.25, 0.3) is 5.57 Å². The Balaban J connectivity index is 2.44. The van der Waals surface area contributed by atoms with Crippen LogP contribution in [0.1, 0.15) is 18.9 Å². The van der Waals surface area contributed by atoms with Crippen molar-refractivity contribution in [1.29, 1.82) is 0 Å². The van der Waals surface area contributed by atoms with Crippen LogP contribution in [0.15, 0.2) is 23.8 Å². The zero-order valence-corrected chi connectivity index (χ0v) is 12.1. The summed E-state index contributed by atoms with van der Waals surface area (Å²) in [7, 11) is 0. The van der Waals surface area contributed by atoms with Gasteiger partial charge >= 0.3 is 5.97 Å². The predicted octanol–water partition coefficient (Wildman–Crippen LogP) is 3.56. The quantitative estimate of drug-likeness (QED) is 0.928. The van der Waals surface area contributed by atoms with Gasteiger partial charge in [-0.3, -0.25) is 4.90 Å². The first kappa shape index (κ1) is 14.4. The molecule has 0 unspecified atom stereocenters. The van der Waals surface area contributed by atoms with Crippen molar-refractivity contribution in [3.05, 3.63) is 39.4 Å². The molecule has 0 spiro atoms. The maximum Gasteiger partial charge on any atom is 0.333 e. The fourth-order valence-electron chi connectivity index (χ4n) is 2.29. The summed E-state index contributed by atoms with van der Waals surface area (Å²) >= 11 is 11.9. The highest BCUT2D eigenvalue weighted by atomic mass is 35.5. The molecule has 0 radical (unpaired) electrons. The van der Waals surface area contributed by atoms with Crippen molar-refractivity contribution >= 4 is 34.7 Å². The Morgan fingerprint density at radius 2 is 2.11 bits per heavy atom. The maximum atomic E-state index is 11.4. The molecule has 0 saturated carbocycles. The monoisotopic (exact) mass is 299 g/mol. The molecule has 0 amide bonds. The van der Waals surface area contributed by atoms with E-state index in [0.29, 0.717) is 28.6 Å². The van der Waals surface area contributed by atoms with Gasteiger partial charge in [-0.15, -0.1) is 0 Å². The van der Waals surface area contributed by atoms with E-state index in [2.05, 4.69) is 4.90 Å². The fraction of sp³-hybridized carbons (Fsp3) is 0.357. The summed E-state index contributed by atoms with van der Waals surface area (Å²) in [5, 5.41) is 10.3. The molecule has 5 heteroatoms. The summed E-state index contributed by atoms with van der Waals surface area (Å²) in [6.45, 7) is 4.22. The highest BCUT2D eigenvalue weighted by Gasteiger charge is 2.23. The van der Waals surface area contributed by atoms with E-state index in [1.165, 1.54) is 0 Å². The van der Waals surface area contributed by atoms with Crippen LogP contribution >= 0.6 is 23.2 Å². The van der Waals surface area contributed by atoms with Gasteiger partial charge in [0.2, 0.25) is 0 Å². The van der Waals surface area contributed by atoms with E-state index in [1.54, 1.807) is 12.1 Å². The highest BCUT2D eigenvalue weighted by Crippen LogP contribution is 2.31. The normalized spacial score (nSPS) is 16.8. The lowest BCUT2D eigenvalue weighted by Crippen LogP contribution is -2.33. The zero-order valence-electron chi connectivity index (χ0n) is 10.6. The first-order chi connectivity index (χ1) is 9.02. The number of halogens is 2. The number of hydrogen-bond acceptors (Lipinski definition) is 2. The minimum Gasteiger partial charge on any atom is -0.478 e. The number of hydrogen-bond donors (Lipinski definition) is 1. The largest absolute Gasteiger partial charge is 0.478 e. The third kappa shape index (κ3) is 3.11. The maximum absolute atomic E-state index is 11.4. The van der Waals surface area contributed by atoms with Gasteiger partial charge in [0.25, 0.3) is 0 Å². The van der Waals surface area contributed by atoms with Crippen molar-refractivity contribution in [3.63, 3.8) is 0 Å². The number of rotatable bonds is 3. The van der Waals surface area contributed by atoms with Gasteiger partial charge in [0, 0.05) is 13.1 Å². The van der Waals surface area contributed by atoms with Crippen molar-refractivity contribution in [2.24, 2.45) is 0 Å². The molecule has 1 aromatic carbocycles. The molecule has 1 heterocycles. The minimum absolute atomic E-state index is 0.450. The van der Waals surface area contributed by atoms with Crippen LogP contribution in [-0.2, 0) is 4.79 Å². The van der Waals surface area contributed by atoms with Crippen molar-refractivity contribution in [2.45, 2.75) is 13.3 Å². The molecule has 0 aliphatic carbocycles. The minimum atomic E-state index is -0.862. The molecule has 0 fully saturated rings. The molecular weight excluding hydrogens is 285 g/mol. The molecule has 1 aromatic rings. The molecule has 0 atom stereocenters. The number of carboxylic acids is 1. The first-order valence-electron chi connectivity index (χ1n) is 6.16. The summed E-state index contributed by atoms with van der Waals surface area (Å²) in [6, 6.07) is 5.27. The molecule has 19 heavy (non-hydrogen) atoms. The van der Waals surface area contributed by atoms with Crippen LogP contribution in [0.5, 0.6) is 0 Å². The van der Waals surface area contributed by atoms with Crippen LogP contribution in [0.3, 0.4) is 0 Å². The smallest absolute Gasteiger partial charge is 0.333 e. The number of benzene rings is 1. The molecule has 0 saturated heterocycles. The van der Waals surface area contributed by atoms with E-state index < -0.39 is 5.97 Å². The fourth-order valence-corrected chi connectivity index (χ4v) is 2.59. The van der Waals surface area contributed by atoms with E-state index in [-0.39, 0.29) is 0 Å². The molecule has 102 valence electrons. The lowest BCUT2D eigenvalue weighted by Gasteiger charge is -2.28. The average molecular weight is 300 g/mol. The number of likely N-dealkylation sites (N-methyl/N-ethyl adjacent to an activating group) is 1. The van der Waals surface area contributed by atoms with Gasteiger partial charge in [-0.2, -0.15) is 0 Å². The molecule has 2 rings (SSSR count). The van der Waals surface area contributed by atoms with Crippen molar-refractivity contribution < 1.29 is 9.90 Å². The van der Waals surface area contributed by atoms with Crippen LogP contribution in [-0.4, -0.2) is 35.6 Å². The summed E-state index contributed by atoms with van der Waals surface area (Å²) in [6.07, 6.45) is 0.716. The van der Waals surface area contributed by atoms with E-state index in [4.69, 9.17) is 23.2 Å². The van der Waals surface area contributed by atoms with Gasteiger partial charge in [-0.25, -0.2) is 4.79 Å². The Bertz CT molecular complexity index is 540. The van der Waals surface area contributed by atoms with E-state index in [0.717, 1.165) is 24.2 Å². The molecular formula is C14H15Cl2NO2. The summed E-state index contributed by atoms with van der Waals surface area (Å²) in [5.41, 5.74) is 2.16. The van der Waals surface area contributed by atoms with Crippen molar-refractivity contribution in [2.75, 3.05) is 19.6 Å². The topological polar surface area (TPSA) is 40.5 Å². The molecule has 0 aromatic heterocycles. The Hall–Kier alpha value is -1.03. The van der Waals surface area contributed by atoms with Gasteiger partial charge in [0.15, 0.2) is 0 Å². The second-order valence-electron chi connectivity index (χ2n) is 4.51. The zero-order chi connectivity index (χ0) is 14.0. The number of nitrogens with zero attached hydrogens (tertiary/aromatic N) is 1. The van der Waals surface area contributed by atoms with Gasteiger partial charge in [-0.05, 0) is 36.2 Å². The van der Waals surface area contributed by atoms with Crippen LogP contribution in [0, 0.1) is 0 Å². The molecule has 3 nitrogen and oxygen atoms in total. The number of carboxylic acid groups (broad SMARTS) is 1. The molecule has 1 aliphatic heterocycles. The van der Waals surface area contributed by atoms with E-state index >= 15 is 0 Å². The number of carbonyl (C=O) groups is 1. The summed E-state index contributed by atoms with van der Waals surface area (Å²) in [5.74, 6) is -0.862. The first-order valence-corrected chi connectivity index (χ1v) is 6.91. The summed E-state index contributed by atoms with van der Waals surface area (Å²) < 4.78 is 0. The molecule has 0 bridgehead atoms. The van der Waals surface area contributed by atoms with Crippen LogP contribution < -0.4 is 0 Å². The lowest BCUT2D eigenvalue weighted by molar-refractivity contribution is -0.133. The van der Waals surface area contributed by atoms with Crippen LogP contribution in [0.2, 0.25) is 10.0 Å². The third-order valence-corrected chi connectivity index (χ3v) is 4.14. The third-order valence-electron chi connectivity index (χ3n) is 3.40. The Kier molecular flexibility index (Phi) is 4.50. The standard InChI is InChI=1S/C14H15Cl2NO2/c1-2-17-6-5-10(11(8-17)14(18)19)9-3-4-12(15)13(16)7-9/h3-4,7H,2,5-6,8H2,1H3,(H,18,19). The van der Waals surface area contributed by atoms with E-state index in [9.17, 15) is 9.90 Å². The lowest BCUT2D eigenvalue weighted by atomic mass is 9.93. The van der Waals surface area contributed by atoms with Crippen LogP contribution in [0.4, 0.5) is 0 Å². The predicted molar refractivity (Wildman–Crippen MR) is 77.7 cm³/mol. The molecule has 1 aliphatic rings. The summed E-state index contributed by atoms with van der Waals surface area (Å²) in [4.78, 5) is 13.5. The van der Waals surface area contributed by atoms with Crippen molar-refractivity contribution in [3.8, 4) is 0 Å². The Morgan fingerprint density at radius 1 is 1.37 bits per heavy atom. The molecule has 1 N–H and O–H groups in total. The van der Waals surface area contributed by atoms with Gasteiger partial charge in [0.05, 0.1) is 15.6 Å².